The van der Waals surface area contributed by atoms with E-state index in [4.69, 9.17) is 0 Å². The van der Waals surface area contributed by atoms with E-state index in [-0.39, 0.29) is 0 Å². The van der Waals surface area contributed by atoms with Crippen LogP contribution in [0.2, 0.25) is 0 Å². The Bertz CT molecular complexity index is 379. The first-order chi connectivity index (χ1) is 8.86. The lowest BCUT2D eigenvalue weighted by atomic mass is 9.87. The molecule has 0 saturated heterocycles. The first-order valence-electron chi connectivity index (χ1n) is 7.34. The highest BCUT2D eigenvalue weighted by Crippen LogP contribution is 2.24. The summed E-state index contributed by atoms with van der Waals surface area (Å²) in [5.74, 6) is 0. The van der Waals surface area contributed by atoms with Gasteiger partial charge in [-0.05, 0) is 37.1 Å². The van der Waals surface area contributed by atoms with Crippen molar-refractivity contribution >= 4 is 0 Å². The van der Waals surface area contributed by atoms with Gasteiger partial charge in [0, 0.05) is 19.1 Å². The van der Waals surface area contributed by atoms with E-state index < -0.39 is 0 Å². The van der Waals surface area contributed by atoms with Gasteiger partial charge in [0.2, 0.25) is 0 Å². The molecule has 108 valence electrons. The zero-order chi connectivity index (χ0) is 14.5. The maximum Gasteiger partial charge on any atom is 0.0236 e. The molecule has 1 N–H and O–H groups in total. The lowest BCUT2D eigenvalue weighted by Gasteiger charge is -2.35. The van der Waals surface area contributed by atoms with Gasteiger partial charge in [0.15, 0.2) is 0 Å². The fourth-order valence-corrected chi connectivity index (χ4v) is 2.21. The average Bonchev–Trinajstić information content (AvgIpc) is 2.35. The van der Waals surface area contributed by atoms with Crippen molar-refractivity contribution in [2.75, 3.05) is 13.6 Å². The van der Waals surface area contributed by atoms with Crippen molar-refractivity contribution in [1.82, 2.24) is 10.2 Å². The fourth-order valence-electron chi connectivity index (χ4n) is 2.21. The Kier molecular flexibility index (Phi) is 6.02. The Morgan fingerprint density at radius 1 is 1.16 bits per heavy atom. The first kappa shape index (κ1) is 16.2. The molecule has 1 atom stereocenters. The van der Waals surface area contributed by atoms with Crippen LogP contribution >= 0.6 is 0 Å². The molecule has 0 aliphatic heterocycles. The molecule has 1 aromatic carbocycles. The van der Waals surface area contributed by atoms with Crippen molar-refractivity contribution in [3.05, 3.63) is 35.4 Å². The zero-order valence-corrected chi connectivity index (χ0v) is 13.5. The van der Waals surface area contributed by atoms with Crippen LogP contribution in [-0.4, -0.2) is 24.5 Å². The van der Waals surface area contributed by atoms with Gasteiger partial charge in [-0.2, -0.15) is 0 Å². The first-order valence-corrected chi connectivity index (χ1v) is 7.34. The van der Waals surface area contributed by atoms with E-state index in [2.05, 4.69) is 76.1 Å². The highest BCUT2D eigenvalue weighted by molar-refractivity contribution is 5.27. The third kappa shape index (κ3) is 4.96. The Labute approximate surface area is 119 Å². The molecule has 0 aromatic heterocycles. The summed E-state index contributed by atoms with van der Waals surface area (Å²) in [7, 11) is 2.22. The third-order valence-corrected chi connectivity index (χ3v) is 4.02. The third-order valence-electron chi connectivity index (χ3n) is 4.02. The van der Waals surface area contributed by atoms with Crippen LogP contribution < -0.4 is 5.32 Å². The average molecular weight is 262 g/mol. The van der Waals surface area contributed by atoms with Gasteiger partial charge in [0.05, 0.1) is 0 Å². The molecule has 0 spiro atoms. The summed E-state index contributed by atoms with van der Waals surface area (Å²) in [6.07, 6.45) is 0. The van der Waals surface area contributed by atoms with Crippen molar-refractivity contribution in [2.24, 2.45) is 5.41 Å². The fraction of sp³-hybridized carbons (Fsp3) is 0.647. The molecule has 0 aliphatic rings. The van der Waals surface area contributed by atoms with Gasteiger partial charge in [-0.25, -0.2) is 0 Å². The molecule has 1 aromatic rings. The predicted molar refractivity (Wildman–Crippen MR) is 84.2 cm³/mol. The Morgan fingerprint density at radius 3 is 2.26 bits per heavy atom. The number of hydrogen-bond donors (Lipinski definition) is 1. The molecule has 0 aliphatic carbocycles. The van der Waals surface area contributed by atoms with E-state index >= 15 is 0 Å². The standard InChI is InChI=1S/C17H30N2/c1-7-18-12-15-10-8-9-11-16(15)13-19(6)14(2)17(3,4)5/h8-11,14,18H,7,12-13H2,1-6H3. The van der Waals surface area contributed by atoms with Crippen molar-refractivity contribution in [3.63, 3.8) is 0 Å². The summed E-state index contributed by atoms with van der Waals surface area (Å²) in [5, 5.41) is 3.42. The zero-order valence-electron chi connectivity index (χ0n) is 13.5. The molecule has 1 rings (SSSR count). The van der Waals surface area contributed by atoms with Crippen LogP contribution in [0.5, 0.6) is 0 Å². The van der Waals surface area contributed by atoms with E-state index in [0.717, 1.165) is 19.6 Å². The maximum atomic E-state index is 3.42. The number of rotatable bonds is 6. The molecule has 0 bridgehead atoms. The highest BCUT2D eigenvalue weighted by Gasteiger charge is 2.24. The second-order valence-corrected chi connectivity index (χ2v) is 6.51. The molecular formula is C17H30N2. The van der Waals surface area contributed by atoms with Gasteiger partial charge in [0.25, 0.3) is 0 Å². The second-order valence-electron chi connectivity index (χ2n) is 6.51. The van der Waals surface area contributed by atoms with Crippen molar-refractivity contribution in [3.8, 4) is 0 Å². The molecule has 0 radical (unpaired) electrons. The van der Waals surface area contributed by atoms with Crippen LogP contribution in [0.3, 0.4) is 0 Å². The molecule has 2 heteroatoms. The van der Waals surface area contributed by atoms with Crippen LogP contribution in [0, 0.1) is 5.41 Å². The highest BCUT2D eigenvalue weighted by atomic mass is 15.1. The molecule has 0 amide bonds. The molecule has 0 fully saturated rings. The Hall–Kier alpha value is -0.860. The molecule has 2 nitrogen and oxygen atoms in total. The lowest BCUT2D eigenvalue weighted by Crippen LogP contribution is -2.39. The van der Waals surface area contributed by atoms with E-state index in [1.165, 1.54) is 11.1 Å². The van der Waals surface area contributed by atoms with Crippen LogP contribution in [0.25, 0.3) is 0 Å². The maximum absolute atomic E-state index is 3.42. The smallest absolute Gasteiger partial charge is 0.0236 e. The molecule has 0 saturated carbocycles. The van der Waals surface area contributed by atoms with Crippen molar-refractivity contribution < 1.29 is 0 Å². The van der Waals surface area contributed by atoms with Crippen molar-refractivity contribution in [1.29, 1.82) is 0 Å². The monoisotopic (exact) mass is 262 g/mol. The van der Waals surface area contributed by atoms with Gasteiger partial charge in [-0.3, -0.25) is 4.90 Å². The largest absolute Gasteiger partial charge is 0.313 e. The van der Waals surface area contributed by atoms with E-state index in [1.807, 2.05) is 0 Å². The summed E-state index contributed by atoms with van der Waals surface area (Å²) in [5.41, 5.74) is 3.16. The van der Waals surface area contributed by atoms with Gasteiger partial charge in [-0.15, -0.1) is 0 Å². The Morgan fingerprint density at radius 2 is 1.74 bits per heavy atom. The number of hydrogen-bond acceptors (Lipinski definition) is 2. The van der Waals surface area contributed by atoms with Crippen LogP contribution in [0.15, 0.2) is 24.3 Å². The summed E-state index contributed by atoms with van der Waals surface area (Å²) in [4.78, 5) is 2.45. The summed E-state index contributed by atoms with van der Waals surface area (Å²) in [6, 6.07) is 9.30. The molecule has 0 heterocycles. The number of benzene rings is 1. The van der Waals surface area contributed by atoms with Gasteiger partial charge in [-0.1, -0.05) is 52.0 Å². The lowest BCUT2D eigenvalue weighted by molar-refractivity contribution is 0.134. The van der Waals surface area contributed by atoms with Gasteiger partial charge in [0.1, 0.15) is 0 Å². The number of nitrogens with one attached hydrogen (secondary N) is 1. The molecule has 1 unspecified atom stereocenters. The predicted octanol–water partition coefficient (Wildman–Crippen LogP) is 3.66. The van der Waals surface area contributed by atoms with Gasteiger partial charge < -0.3 is 5.32 Å². The van der Waals surface area contributed by atoms with E-state index in [1.54, 1.807) is 0 Å². The Balaban J connectivity index is 2.76. The van der Waals surface area contributed by atoms with E-state index in [0.29, 0.717) is 11.5 Å². The minimum Gasteiger partial charge on any atom is -0.313 e. The van der Waals surface area contributed by atoms with E-state index in [9.17, 15) is 0 Å². The molecular weight excluding hydrogens is 232 g/mol. The van der Waals surface area contributed by atoms with Crippen LogP contribution in [0.1, 0.15) is 45.7 Å². The normalized spacial score (nSPS) is 13.8. The second kappa shape index (κ2) is 7.06. The molecule has 19 heavy (non-hydrogen) atoms. The summed E-state index contributed by atoms with van der Waals surface area (Å²) in [6.45, 7) is 14.4. The number of nitrogens with zero attached hydrogens (tertiary/aromatic N) is 1. The minimum absolute atomic E-state index is 0.311. The van der Waals surface area contributed by atoms with Crippen LogP contribution in [0.4, 0.5) is 0 Å². The quantitative estimate of drug-likeness (QED) is 0.841. The van der Waals surface area contributed by atoms with Crippen molar-refractivity contribution in [2.45, 2.75) is 53.8 Å². The minimum atomic E-state index is 0.311. The van der Waals surface area contributed by atoms with Gasteiger partial charge >= 0.3 is 0 Å². The SMILES string of the molecule is CCNCc1ccccc1CN(C)C(C)C(C)(C)C. The summed E-state index contributed by atoms with van der Waals surface area (Å²) >= 11 is 0. The van der Waals surface area contributed by atoms with Crippen LogP contribution in [-0.2, 0) is 13.1 Å². The summed E-state index contributed by atoms with van der Waals surface area (Å²) < 4.78 is 0. The topological polar surface area (TPSA) is 15.3 Å².